The Hall–Kier alpha value is -1.69. The van der Waals surface area contributed by atoms with Gasteiger partial charge in [-0.3, -0.25) is 4.79 Å². The van der Waals surface area contributed by atoms with Gasteiger partial charge < -0.3 is 16.2 Å². The van der Waals surface area contributed by atoms with Crippen molar-refractivity contribution in [1.82, 2.24) is 0 Å². The Morgan fingerprint density at radius 2 is 2.11 bits per heavy atom. The molecule has 1 amide bonds. The number of rotatable bonds is 6. The first-order chi connectivity index (χ1) is 8.33. The van der Waals surface area contributed by atoms with Crippen molar-refractivity contribution in [2.75, 3.05) is 6.61 Å². The van der Waals surface area contributed by atoms with Crippen LogP contribution < -0.4 is 16.2 Å². The van der Waals surface area contributed by atoms with Crippen LogP contribution in [0.5, 0.6) is 5.75 Å². The van der Waals surface area contributed by atoms with E-state index in [4.69, 9.17) is 16.2 Å². The Balaban J connectivity index is 2.41. The Labute approximate surface area is 104 Å². The molecule has 1 atom stereocenters. The van der Waals surface area contributed by atoms with Crippen LogP contribution in [-0.4, -0.2) is 18.1 Å². The second-order valence-corrected chi connectivity index (χ2v) is 4.31. The first-order valence-electron chi connectivity index (χ1n) is 5.49. The summed E-state index contributed by atoms with van der Waals surface area (Å²) in [6.07, 6.45) is 0.762. The van der Waals surface area contributed by atoms with Crippen LogP contribution in [0, 0.1) is 11.6 Å². The third-order valence-electron chi connectivity index (χ3n) is 2.55. The minimum atomic E-state index is -1.11. The molecule has 6 heteroatoms. The van der Waals surface area contributed by atoms with E-state index < -0.39 is 23.1 Å². The molecule has 100 valence electrons. The second-order valence-electron chi connectivity index (χ2n) is 4.31. The highest BCUT2D eigenvalue weighted by Gasteiger charge is 2.24. The summed E-state index contributed by atoms with van der Waals surface area (Å²) in [4.78, 5) is 10.9. The molecule has 0 aliphatic rings. The van der Waals surface area contributed by atoms with E-state index in [1.54, 1.807) is 0 Å². The van der Waals surface area contributed by atoms with Crippen molar-refractivity contribution in [2.45, 2.75) is 25.3 Å². The smallest absolute Gasteiger partial charge is 0.237 e. The normalized spacial score (nSPS) is 14.0. The molecule has 0 aliphatic heterocycles. The molecule has 0 saturated carbocycles. The van der Waals surface area contributed by atoms with Crippen molar-refractivity contribution < 1.29 is 18.3 Å². The fourth-order valence-corrected chi connectivity index (χ4v) is 1.34. The zero-order valence-corrected chi connectivity index (χ0v) is 10.1. The molecule has 0 aliphatic carbocycles. The van der Waals surface area contributed by atoms with Gasteiger partial charge >= 0.3 is 0 Å². The minimum absolute atomic E-state index is 0.0331. The van der Waals surface area contributed by atoms with Crippen LogP contribution in [0.3, 0.4) is 0 Å². The van der Waals surface area contributed by atoms with Crippen molar-refractivity contribution in [3.05, 3.63) is 29.8 Å². The third-order valence-corrected chi connectivity index (χ3v) is 2.55. The van der Waals surface area contributed by atoms with Crippen LogP contribution in [0.4, 0.5) is 8.78 Å². The van der Waals surface area contributed by atoms with Gasteiger partial charge in [0.15, 0.2) is 11.6 Å². The minimum Gasteiger partial charge on any atom is -0.491 e. The van der Waals surface area contributed by atoms with Crippen LogP contribution in [0.25, 0.3) is 0 Å². The number of carbonyl (C=O) groups excluding carboxylic acids is 1. The van der Waals surface area contributed by atoms with E-state index >= 15 is 0 Å². The van der Waals surface area contributed by atoms with Gasteiger partial charge in [0.05, 0.1) is 12.1 Å². The van der Waals surface area contributed by atoms with Gasteiger partial charge in [0, 0.05) is 6.07 Å². The maximum atomic E-state index is 13.2. The number of benzene rings is 1. The summed E-state index contributed by atoms with van der Waals surface area (Å²) in [7, 11) is 0. The summed E-state index contributed by atoms with van der Waals surface area (Å²) in [5, 5.41) is 0. The zero-order chi connectivity index (χ0) is 13.8. The highest BCUT2D eigenvalue weighted by Crippen LogP contribution is 2.18. The molecule has 0 fully saturated rings. The molecule has 0 heterocycles. The highest BCUT2D eigenvalue weighted by molar-refractivity contribution is 5.83. The quantitative estimate of drug-likeness (QED) is 0.755. The Kier molecular flexibility index (Phi) is 4.61. The Morgan fingerprint density at radius 1 is 1.44 bits per heavy atom. The van der Waals surface area contributed by atoms with Gasteiger partial charge in [0.1, 0.15) is 5.82 Å². The first-order valence-corrected chi connectivity index (χ1v) is 5.49. The summed E-state index contributed by atoms with van der Waals surface area (Å²) in [5.41, 5.74) is 9.63. The van der Waals surface area contributed by atoms with Gasteiger partial charge in [-0.15, -0.1) is 0 Å². The molecule has 18 heavy (non-hydrogen) atoms. The molecule has 0 aromatic heterocycles. The fourth-order valence-electron chi connectivity index (χ4n) is 1.34. The third kappa shape index (κ3) is 3.96. The molecule has 4 N–H and O–H groups in total. The molecule has 1 unspecified atom stereocenters. The number of halogens is 2. The van der Waals surface area contributed by atoms with E-state index in [-0.39, 0.29) is 12.4 Å². The van der Waals surface area contributed by atoms with Crippen LogP contribution in [0.15, 0.2) is 18.2 Å². The summed E-state index contributed by atoms with van der Waals surface area (Å²) < 4.78 is 30.9. The standard InChI is InChI=1S/C12H16F2N2O2/c1-12(16,11(15)17)5-2-6-18-10-4-3-8(13)7-9(10)14/h3-4,7H,2,5-6,16H2,1H3,(H2,15,17). The van der Waals surface area contributed by atoms with Gasteiger partial charge in [-0.2, -0.15) is 0 Å². The first kappa shape index (κ1) is 14.4. The van der Waals surface area contributed by atoms with E-state index in [1.165, 1.54) is 13.0 Å². The van der Waals surface area contributed by atoms with Gasteiger partial charge in [-0.1, -0.05) is 0 Å². The van der Waals surface area contributed by atoms with Crippen LogP contribution in [0.1, 0.15) is 19.8 Å². The fraction of sp³-hybridized carbons (Fsp3) is 0.417. The number of hydrogen-bond donors (Lipinski definition) is 2. The maximum Gasteiger partial charge on any atom is 0.237 e. The number of ether oxygens (including phenoxy) is 1. The number of carbonyl (C=O) groups is 1. The lowest BCUT2D eigenvalue weighted by molar-refractivity contribution is -0.122. The van der Waals surface area contributed by atoms with E-state index in [9.17, 15) is 13.6 Å². The van der Waals surface area contributed by atoms with Crippen molar-refractivity contribution in [2.24, 2.45) is 11.5 Å². The predicted octanol–water partition coefficient (Wildman–Crippen LogP) is 1.33. The predicted molar refractivity (Wildman–Crippen MR) is 62.9 cm³/mol. The molecule has 1 aromatic rings. The van der Waals surface area contributed by atoms with Gasteiger partial charge in [-0.25, -0.2) is 8.78 Å². The molecule has 0 spiro atoms. The van der Waals surface area contributed by atoms with E-state index in [1.807, 2.05) is 0 Å². The lowest BCUT2D eigenvalue weighted by atomic mass is 9.97. The summed E-state index contributed by atoms with van der Waals surface area (Å²) in [6.45, 7) is 1.69. The van der Waals surface area contributed by atoms with Gasteiger partial charge in [-0.05, 0) is 31.9 Å². The van der Waals surface area contributed by atoms with Gasteiger partial charge in [0.2, 0.25) is 5.91 Å². The van der Waals surface area contributed by atoms with Crippen molar-refractivity contribution in [3.63, 3.8) is 0 Å². The van der Waals surface area contributed by atoms with Crippen molar-refractivity contribution in [3.8, 4) is 5.75 Å². The lowest BCUT2D eigenvalue weighted by Crippen LogP contribution is -2.49. The summed E-state index contributed by atoms with van der Waals surface area (Å²) >= 11 is 0. The Morgan fingerprint density at radius 3 is 2.67 bits per heavy atom. The van der Waals surface area contributed by atoms with E-state index in [0.717, 1.165) is 12.1 Å². The van der Waals surface area contributed by atoms with E-state index in [0.29, 0.717) is 12.8 Å². The molecule has 0 saturated heterocycles. The number of amides is 1. The number of hydrogen-bond acceptors (Lipinski definition) is 3. The highest BCUT2D eigenvalue weighted by atomic mass is 19.1. The molecule has 0 bridgehead atoms. The molecule has 0 radical (unpaired) electrons. The SMILES string of the molecule is CC(N)(CCCOc1ccc(F)cc1F)C(N)=O. The Bertz CT molecular complexity index is 436. The van der Waals surface area contributed by atoms with Crippen molar-refractivity contribution >= 4 is 5.91 Å². The average molecular weight is 258 g/mol. The lowest BCUT2D eigenvalue weighted by Gasteiger charge is -2.20. The van der Waals surface area contributed by atoms with E-state index in [2.05, 4.69) is 0 Å². The number of primary amides is 1. The van der Waals surface area contributed by atoms with Crippen LogP contribution in [0.2, 0.25) is 0 Å². The zero-order valence-electron chi connectivity index (χ0n) is 10.1. The molecule has 1 aromatic carbocycles. The summed E-state index contributed by atoms with van der Waals surface area (Å²) in [6, 6.07) is 3.06. The van der Waals surface area contributed by atoms with Crippen LogP contribution in [-0.2, 0) is 4.79 Å². The van der Waals surface area contributed by atoms with Crippen LogP contribution >= 0.6 is 0 Å². The summed E-state index contributed by atoms with van der Waals surface area (Å²) in [5.74, 6) is -2.06. The van der Waals surface area contributed by atoms with Gasteiger partial charge in [0.25, 0.3) is 0 Å². The van der Waals surface area contributed by atoms with Crippen molar-refractivity contribution in [1.29, 1.82) is 0 Å². The second kappa shape index (κ2) is 5.77. The average Bonchev–Trinajstić information content (AvgIpc) is 2.26. The topological polar surface area (TPSA) is 78.3 Å². The maximum absolute atomic E-state index is 13.2. The molecule has 1 rings (SSSR count). The largest absolute Gasteiger partial charge is 0.491 e. The molecule has 4 nitrogen and oxygen atoms in total. The monoisotopic (exact) mass is 258 g/mol. The molecular weight excluding hydrogens is 242 g/mol. The molecular formula is C12H16F2N2O2. The number of nitrogens with two attached hydrogens (primary N) is 2.